The molecular weight excluding hydrogens is 460 g/mol. The number of halogens is 1. The van der Waals surface area contributed by atoms with Crippen LogP contribution in [0.1, 0.15) is 28.1 Å². The molecule has 0 aliphatic carbocycles. The largest absolute Gasteiger partial charge is 0.467 e. The molecule has 4 rings (SSSR count). The fourth-order valence-corrected chi connectivity index (χ4v) is 3.84. The van der Waals surface area contributed by atoms with Crippen LogP contribution < -0.4 is 5.32 Å². The Labute approximate surface area is 200 Å². The molecule has 0 bridgehead atoms. The van der Waals surface area contributed by atoms with Crippen LogP contribution in [-0.2, 0) is 25.7 Å². The Morgan fingerprint density at radius 2 is 1.88 bits per heavy atom. The van der Waals surface area contributed by atoms with Crippen LogP contribution in [0.25, 0.3) is 0 Å². The molecule has 0 spiro atoms. The van der Waals surface area contributed by atoms with Gasteiger partial charge in [0.25, 0.3) is 5.91 Å². The Kier molecular flexibility index (Phi) is 7.08. The van der Waals surface area contributed by atoms with Crippen molar-refractivity contribution < 1.29 is 28.3 Å². The maximum Gasteiger partial charge on any atom is 0.311 e. The van der Waals surface area contributed by atoms with E-state index in [0.717, 1.165) is 0 Å². The predicted octanol–water partition coefficient (Wildman–Crippen LogP) is 3.69. The zero-order valence-electron chi connectivity index (χ0n) is 18.0. The summed E-state index contributed by atoms with van der Waals surface area (Å²) in [6, 6.07) is 16.6. The van der Waals surface area contributed by atoms with E-state index in [2.05, 4.69) is 5.32 Å². The van der Waals surface area contributed by atoms with E-state index in [1.165, 1.54) is 23.3 Å². The second-order valence-corrected chi connectivity index (χ2v) is 8.23. The topological polar surface area (TPSA) is 106 Å². The molecule has 1 unspecified atom stereocenters. The van der Waals surface area contributed by atoms with E-state index >= 15 is 0 Å². The van der Waals surface area contributed by atoms with E-state index < -0.39 is 24.4 Å². The number of hydrogen-bond acceptors (Lipinski definition) is 6. The van der Waals surface area contributed by atoms with E-state index in [-0.39, 0.29) is 42.5 Å². The van der Waals surface area contributed by atoms with Crippen molar-refractivity contribution in [1.82, 2.24) is 4.90 Å². The zero-order valence-corrected chi connectivity index (χ0v) is 18.8. The van der Waals surface area contributed by atoms with Gasteiger partial charge in [0, 0.05) is 29.1 Å². The molecule has 1 aromatic heterocycles. The molecule has 1 saturated heterocycles. The summed E-state index contributed by atoms with van der Waals surface area (Å²) in [5.74, 6) is -1.80. The molecule has 34 heavy (non-hydrogen) atoms. The van der Waals surface area contributed by atoms with Crippen molar-refractivity contribution in [2.75, 3.05) is 18.5 Å². The number of nitrogens with zero attached hydrogens (tertiary/aromatic N) is 1. The number of hydrogen-bond donors (Lipinski definition) is 1. The number of esters is 1. The van der Waals surface area contributed by atoms with Crippen LogP contribution in [-0.4, -0.2) is 41.6 Å². The maximum absolute atomic E-state index is 12.9. The summed E-state index contributed by atoms with van der Waals surface area (Å²) in [5, 5.41) is 2.94. The van der Waals surface area contributed by atoms with Crippen LogP contribution in [0.5, 0.6) is 0 Å². The van der Waals surface area contributed by atoms with E-state index in [1.807, 2.05) is 0 Å². The third-order valence-corrected chi connectivity index (χ3v) is 5.59. The average molecular weight is 481 g/mol. The Morgan fingerprint density at radius 3 is 2.62 bits per heavy atom. The maximum atomic E-state index is 12.9. The first-order chi connectivity index (χ1) is 16.4. The van der Waals surface area contributed by atoms with E-state index in [1.54, 1.807) is 48.5 Å². The number of ketones is 1. The highest BCUT2D eigenvalue weighted by molar-refractivity contribution is 6.31. The zero-order chi connectivity index (χ0) is 24.1. The lowest BCUT2D eigenvalue weighted by atomic mass is 10.0. The van der Waals surface area contributed by atoms with Crippen molar-refractivity contribution >= 4 is 40.9 Å². The molecule has 1 N–H and O–H groups in total. The molecule has 1 atom stereocenters. The van der Waals surface area contributed by atoms with Gasteiger partial charge in [-0.05, 0) is 30.3 Å². The number of rotatable bonds is 8. The Balaban J connectivity index is 1.34. The van der Waals surface area contributed by atoms with Crippen LogP contribution in [0.4, 0.5) is 5.69 Å². The summed E-state index contributed by atoms with van der Waals surface area (Å²) in [6.45, 7) is -0.0961. The number of likely N-dealkylation sites (tertiary alicyclic amines) is 1. The van der Waals surface area contributed by atoms with E-state index in [9.17, 15) is 19.2 Å². The molecular formula is C25H21ClN2O6. The quantitative estimate of drug-likeness (QED) is 0.389. The van der Waals surface area contributed by atoms with Gasteiger partial charge in [-0.1, -0.05) is 41.9 Å². The van der Waals surface area contributed by atoms with Crippen molar-refractivity contribution in [3.8, 4) is 0 Å². The number of carbonyl (C=O) groups is 4. The minimum atomic E-state index is -0.666. The molecule has 9 heteroatoms. The Hall–Kier alpha value is -3.91. The molecule has 3 aromatic rings. The van der Waals surface area contributed by atoms with Crippen LogP contribution in [0.15, 0.2) is 71.3 Å². The summed E-state index contributed by atoms with van der Waals surface area (Å²) in [5.41, 5.74) is 0.907. The number of amides is 2. The lowest BCUT2D eigenvalue weighted by Crippen LogP contribution is -2.28. The van der Waals surface area contributed by atoms with Crippen molar-refractivity contribution in [1.29, 1.82) is 0 Å². The van der Waals surface area contributed by atoms with Crippen LogP contribution in [0, 0.1) is 5.92 Å². The number of benzene rings is 2. The van der Waals surface area contributed by atoms with Crippen molar-refractivity contribution in [3.05, 3.63) is 88.8 Å². The standard InChI is InChI=1S/C25H21ClN2O6/c26-18-8-9-21(20(12-18)24(31)16-5-2-1-3-6-16)27-22(29)15-34-25(32)17-11-23(30)28(13-17)14-19-7-4-10-33-19/h1-10,12,17H,11,13-15H2,(H,27,29). The van der Waals surface area contributed by atoms with Gasteiger partial charge in [-0.25, -0.2) is 0 Å². The van der Waals surface area contributed by atoms with Gasteiger partial charge in [-0.3, -0.25) is 19.2 Å². The van der Waals surface area contributed by atoms with Gasteiger partial charge < -0.3 is 19.4 Å². The summed E-state index contributed by atoms with van der Waals surface area (Å²) in [7, 11) is 0. The van der Waals surface area contributed by atoms with Crippen molar-refractivity contribution in [2.24, 2.45) is 5.92 Å². The molecule has 2 aromatic carbocycles. The summed E-state index contributed by atoms with van der Waals surface area (Å²) < 4.78 is 10.4. The molecule has 2 heterocycles. The first kappa shape index (κ1) is 23.3. The van der Waals surface area contributed by atoms with Gasteiger partial charge in [-0.2, -0.15) is 0 Å². The normalized spacial score (nSPS) is 15.3. The minimum absolute atomic E-state index is 0.00801. The molecule has 0 saturated carbocycles. The molecule has 1 aliphatic rings. The lowest BCUT2D eigenvalue weighted by Gasteiger charge is -2.15. The molecule has 2 amide bonds. The average Bonchev–Trinajstić information content (AvgIpc) is 3.49. The highest BCUT2D eigenvalue weighted by Crippen LogP contribution is 2.24. The number of anilines is 1. The van der Waals surface area contributed by atoms with Gasteiger partial charge in [0.15, 0.2) is 12.4 Å². The van der Waals surface area contributed by atoms with Gasteiger partial charge in [0.1, 0.15) is 5.76 Å². The monoisotopic (exact) mass is 480 g/mol. The molecule has 1 fully saturated rings. The van der Waals surface area contributed by atoms with E-state index in [0.29, 0.717) is 16.3 Å². The second-order valence-electron chi connectivity index (χ2n) is 7.80. The van der Waals surface area contributed by atoms with Crippen molar-refractivity contribution in [3.63, 3.8) is 0 Å². The summed E-state index contributed by atoms with van der Waals surface area (Å²) >= 11 is 6.06. The highest BCUT2D eigenvalue weighted by atomic mass is 35.5. The number of carbonyl (C=O) groups excluding carboxylic acids is 4. The summed E-state index contributed by atoms with van der Waals surface area (Å²) in [4.78, 5) is 51.5. The summed E-state index contributed by atoms with van der Waals surface area (Å²) in [6.07, 6.45) is 1.52. The predicted molar refractivity (Wildman–Crippen MR) is 123 cm³/mol. The van der Waals surface area contributed by atoms with Crippen LogP contribution >= 0.6 is 11.6 Å². The second kappa shape index (κ2) is 10.4. The third-order valence-electron chi connectivity index (χ3n) is 5.36. The molecule has 8 nitrogen and oxygen atoms in total. The smallest absolute Gasteiger partial charge is 0.311 e. The SMILES string of the molecule is O=C(COC(=O)C1CC(=O)N(Cc2ccco2)C1)Nc1ccc(Cl)cc1C(=O)c1ccccc1. The van der Waals surface area contributed by atoms with E-state index in [4.69, 9.17) is 20.8 Å². The van der Waals surface area contributed by atoms with Crippen LogP contribution in [0.2, 0.25) is 5.02 Å². The van der Waals surface area contributed by atoms with Gasteiger partial charge in [-0.15, -0.1) is 0 Å². The number of ether oxygens (including phenoxy) is 1. The van der Waals surface area contributed by atoms with Crippen molar-refractivity contribution in [2.45, 2.75) is 13.0 Å². The first-order valence-electron chi connectivity index (χ1n) is 10.6. The highest BCUT2D eigenvalue weighted by Gasteiger charge is 2.36. The van der Waals surface area contributed by atoms with Gasteiger partial charge in [0.05, 0.1) is 24.4 Å². The fourth-order valence-electron chi connectivity index (χ4n) is 3.67. The van der Waals surface area contributed by atoms with Crippen LogP contribution in [0.3, 0.4) is 0 Å². The fraction of sp³-hybridized carbons (Fsp3) is 0.200. The minimum Gasteiger partial charge on any atom is -0.467 e. The third kappa shape index (κ3) is 5.52. The van der Waals surface area contributed by atoms with Gasteiger partial charge in [0.2, 0.25) is 5.91 Å². The Morgan fingerprint density at radius 1 is 1.09 bits per heavy atom. The Bertz CT molecular complexity index is 1210. The molecule has 1 aliphatic heterocycles. The molecule has 0 radical (unpaired) electrons. The van der Waals surface area contributed by atoms with Gasteiger partial charge >= 0.3 is 5.97 Å². The number of furan rings is 1. The molecule has 174 valence electrons. The first-order valence-corrected chi connectivity index (χ1v) is 10.9. The number of nitrogens with one attached hydrogen (secondary N) is 1. The lowest BCUT2D eigenvalue weighted by molar-refractivity contribution is -0.151.